The van der Waals surface area contributed by atoms with Gasteiger partial charge in [-0.05, 0) is 19.8 Å². The summed E-state index contributed by atoms with van der Waals surface area (Å²) in [7, 11) is 4.00. The van der Waals surface area contributed by atoms with Gasteiger partial charge in [0.1, 0.15) is 0 Å². The normalized spacial score (nSPS) is 25.1. The minimum Gasteiger partial charge on any atom is -0.360 e. The first-order valence-electron chi connectivity index (χ1n) is 7.61. The largest absolute Gasteiger partial charge is 0.360 e. The van der Waals surface area contributed by atoms with E-state index in [0.29, 0.717) is 19.1 Å². The Morgan fingerprint density at radius 2 is 1.95 bits per heavy atom. The van der Waals surface area contributed by atoms with Crippen LogP contribution >= 0.6 is 0 Å². The van der Waals surface area contributed by atoms with Crippen molar-refractivity contribution in [3.63, 3.8) is 0 Å². The second-order valence-corrected chi connectivity index (χ2v) is 6.10. The Balaban J connectivity index is 1.80. The van der Waals surface area contributed by atoms with Gasteiger partial charge in [0.15, 0.2) is 17.4 Å². The van der Waals surface area contributed by atoms with Crippen LogP contribution in [0.3, 0.4) is 0 Å². The molecule has 2 saturated heterocycles. The van der Waals surface area contributed by atoms with Gasteiger partial charge in [-0.3, -0.25) is 0 Å². The van der Waals surface area contributed by atoms with Gasteiger partial charge in [0.2, 0.25) is 0 Å². The van der Waals surface area contributed by atoms with E-state index in [9.17, 15) is 0 Å². The lowest BCUT2D eigenvalue weighted by atomic mass is 9.90. The first kappa shape index (κ1) is 14.5. The summed E-state index contributed by atoms with van der Waals surface area (Å²) in [4.78, 5) is 13.3. The van der Waals surface area contributed by atoms with E-state index in [1.54, 1.807) is 12.4 Å². The zero-order valence-electron chi connectivity index (χ0n) is 13.1. The van der Waals surface area contributed by atoms with Gasteiger partial charge in [-0.2, -0.15) is 0 Å². The molecule has 2 fully saturated rings. The van der Waals surface area contributed by atoms with E-state index in [1.807, 2.05) is 19.0 Å². The van der Waals surface area contributed by atoms with Gasteiger partial charge >= 0.3 is 0 Å². The summed E-state index contributed by atoms with van der Waals surface area (Å²) in [6, 6.07) is 0. The number of ether oxygens (including phenoxy) is 2. The van der Waals surface area contributed by atoms with Crippen molar-refractivity contribution in [2.75, 3.05) is 50.2 Å². The van der Waals surface area contributed by atoms with Crippen LogP contribution in [0.25, 0.3) is 0 Å². The highest BCUT2D eigenvalue weighted by atomic mass is 16.7. The zero-order chi connectivity index (χ0) is 14.9. The molecular weight excluding hydrogens is 268 g/mol. The Bertz CT molecular complexity index is 488. The maximum atomic E-state index is 5.85. The third-order valence-corrected chi connectivity index (χ3v) is 4.41. The number of anilines is 2. The third kappa shape index (κ3) is 2.82. The highest BCUT2D eigenvalue weighted by Gasteiger charge is 2.42. The summed E-state index contributed by atoms with van der Waals surface area (Å²) in [5, 5.41) is 0. The van der Waals surface area contributed by atoms with E-state index < -0.39 is 5.79 Å². The maximum absolute atomic E-state index is 5.85. The summed E-state index contributed by atoms with van der Waals surface area (Å²) in [5.41, 5.74) is 0. The van der Waals surface area contributed by atoms with Gasteiger partial charge in [-0.1, -0.05) is 0 Å². The van der Waals surface area contributed by atoms with E-state index in [0.717, 1.165) is 37.6 Å². The highest BCUT2D eigenvalue weighted by Crippen LogP contribution is 2.36. The van der Waals surface area contributed by atoms with Crippen LogP contribution in [0.4, 0.5) is 11.6 Å². The monoisotopic (exact) mass is 292 g/mol. The Morgan fingerprint density at radius 1 is 1.24 bits per heavy atom. The smallest absolute Gasteiger partial charge is 0.171 e. The van der Waals surface area contributed by atoms with Crippen molar-refractivity contribution in [2.45, 2.75) is 25.6 Å². The summed E-state index contributed by atoms with van der Waals surface area (Å²) in [6.07, 6.45) is 5.75. The Labute approximate surface area is 126 Å². The van der Waals surface area contributed by atoms with E-state index in [4.69, 9.17) is 9.47 Å². The van der Waals surface area contributed by atoms with Gasteiger partial charge in [-0.25, -0.2) is 9.97 Å². The average molecular weight is 292 g/mol. The number of rotatable bonds is 3. The molecule has 0 saturated carbocycles. The molecule has 0 radical (unpaired) electrons. The molecule has 116 valence electrons. The van der Waals surface area contributed by atoms with Crippen LogP contribution in [-0.2, 0) is 9.47 Å². The quantitative estimate of drug-likeness (QED) is 0.842. The topological polar surface area (TPSA) is 50.7 Å². The van der Waals surface area contributed by atoms with Crippen molar-refractivity contribution < 1.29 is 9.47 Å². The molecular formula is C15H24N4O2. The molecule has 1 unspecified atom stereocenters. The number of piperidine rings is 1. The Kier molecular flexibility index (Phi) is 3.99. The molecule has 0 amide bonds. The van der Waals surface area contributed by atoms with Crippen molar-refractivity contribution in [1.82, 2.24) is 9.97 Å². The molecule has 6 heteroatoms. The Hall–Kier alpha value is -1.40. The van der Waals surface area contributed by atoms with Gasteiger partial charge < -0.3 is 19.3 Å². The third-order valence-electron chi connectivity index (χ3n) is 4.41. The predicted octanol–water partition coefficient (Wildman–Crippen LogP) is 1.52. The molecule has 3 heterocycles. The highest BCUT2D eigenvalue weighted by molar-refractivity contribution is 5.61. The lowest BCUT2D eigenvalue weighted by molar-refractivity contribution is -0.182. The minimum absolute atomic E-state index is 0.366. The lowest BCUT2D eigenvalue weighted by Gasteiger charge is -2.40. The zero-order valence-corrected chi connectivity index (χ0v) is 13.1. The van der Waals surface area contributed by atoms with Crippen LogP contribution in [0.15, 0.2) is 12.4 Å². The molecule has 1 aromatic heterocycles. The number of hydrogen-bond acceptors (Lipinski definition) is 6. The fourth-order valence-electron chi connectivity index (χ4n) is 3.23. The molecule has 1 atom stereocenters. The van der Waals surface area contributed by atoms with Crippen molar-refractivity contribution in [2.24, 2.45) is 5.92 Å². The summed E-state index contributed by atoms with van der Waals surface area (Å²) in [6.45, 7) is 5.36. The van der Waals surface area contributed by atoms with E-state index in [-0.39, 0.29) is 0 Å². The lowest BCUT2D eigenvalue weighted by Crippen LogP contribution is -2.47. The van der Waals surface area contributed by atoms with Crippen LogP contribution in [-0.4, -0.2) is 56.2 Å². The molecule has 2 aliphatic heterocycles. The van der Waals surface area contributed by atoms with Crippen LogP contribution in [0.1, 0.15) is 19.8 Å². The van der Waals surface area contributed by atoms with Crippen LogP contribution in [0.2, 0.25) is 0 Å². The number of aromatic nitrogens is 2. The van der Waals surface area contributed by atoms with Crippen LogP contribution < -0.4 is 9.80 Å². The van der Waals surface area contributed by atoms with E-state index in [1.165, 1.54) is 0 Å². The molecule has 2 aliphatic rings. The van der Waals surface area contributed by atoms with Crippen LogP contribution in [0, 0.1) is 5.92 Å². The molecule has 21 heavy (non-hydrogen) atoms. The standard InChI is InChI=1S/C15H24N4O2/c1-15(20-9-10-21-15)12-5-4-8-19(11-12)14-13(18(2)3)16-6-7-17-14/h6-7,12H,4-5,8-11H2,1-3H3. The predicted molar refractivity (Wildman–Crippen MR) is 81.6 cm³/mol. The maximum Gasteiger partial charge on any atom is 0.171 e. The molecule has 1 aromatic rings. The van der Waals surface area contributed by atoms with E-state index in [2.05, 4.69) is 21.8 Å². The summed E-state index contributed by atoms with van der Waals surface area (Å²) >= 11 is 0. The first-order chi connectivity index (χ1) is 10.1. The van der Waals surface area contributed by atoms with Gasteiger partial charge in [0, 0.05) is 45.5 Å². The summed E-state index contributed by atoms with van der Waals surface area (Å²) in [5.74, 6) is 1.79. The van der Waals surface area contributed by atoms with Gasteiger partial charge in [0.05, 0.1) is 13.2 Å². The Morgan fingerprint density at radius 3 is 2.67 bits per heavy atom. The second-order valence-electron chi connectivity index (χ2n) is 6.10. The molecule has 6 nitrogen and oxygen atoms in total. The molecule has 0 aromatic carbocycles. The molecule has 0 spiro atoms. The number of hydrogen-bond donors (Lipinski definition) is 0. The fourth-order valence-corrected chi connectivity index (χ4v) is 3.23. The average Bonchev–Trinajstić information content (AvgIpc) is 2.95. The van der Waals surface area contributed by atoms with Crippen molar-refractivity contribution in [3.8, 4) is 0 Å². The molecule has 0 N–H and O–H groups in total. The second kappa shape index (κ2) is 5.77. The van der Waals surface area contributed by atoms with E-state index >= 15 is 0 Å². The van der Waals surface area contributed by atoms with Gasteiger partial charge in [0.25, 0.3) is 0 Å². The van der Waals surface area contributed by atoms with Crippen molar-refractivity contribution >= 4 is 11.6 Å². The van der Waals surface area contributed by atoms with Crippen molar-refractivity contribution in [1.29, 1.82) is 0 Å². The minimum atomic E-state index is -0.445. The number of nitrogens with zero attached hydrogens (tertiary/aromatic N) is 4. The first-order valence-corrected chi connectivity index (χ1v) is 7.61. The van der Waals surface area contributed by atoms with Crippen molar-refractivity contribution in [3.05, 3.63) is 12.4 Å². The SMILES string of the molecule is CN(C)c1nccnc1N1CCCC(C2(C)OCCO2)C1. The molecule has 0 aliphatic carbocycles. The van der Waals surface area contributed by atoms with Crippen LogP contribution in [0.5, 0.6) is 0 Å². The fraction of sp³-hybridized carbons (Fsp3) is 0.733. The molecule has 0 bridgehead atoms. The molecule has 3 rings (SSSR count). The summed E-state index contributed by atoms with van der Waals surface area (Å²) < 4.78 is 11.7. The van der Waals surface area contributed by atoms with Gasteiger partial charge in [-0.15, -0.1) is 0 Å².